The summed E-state index contributed by atoms with van der Waals surface area (Å²) in [5.74, 6) is -0.158. The number of halogens is 1. The number of fused-ring (bicyclic) bond motifs is 1. The number of benzene rings is 1. The van der Waals surface area contributed by atoms with E-state index in [9.17, 15) is 18.8 Å². The number of hydrogen-bond donors (Lipinski definition) is 0. The van der Waals surface area contributed by atoms with E-state index >= 15 is 0 Å². The number of carbonyl (C=O) groups is 1. The van der Waals surface area contributed by atoms with Crippen molar-refractivity contribution in [1.82, 2.24) is 23.8 Å². The first-order chi connectivity index (χ1) is 16.8. The van der Waals surface area contributed by atoms with Gasteiger partial charge >= 0.3 is 5.69 Å². The van der Waals surface area contributed by atoms with Crippen LogP contribution >= 0.6 is 11.3 Å². The van der Waals surface area contributed by atoms with E-state index in [1.165, 1.54) is 40.0 Å². The summed E-state index contributed by atoms with van der Waals surface area (Å²) in [5, 5.41) is 5.38. The smallest absolute Gasteiger partial charge is 0.332 e. The van der Waals surface area contributed by atoms with Crippen LogP contribution in [0.4, 0.5) is 4.39 Å². The zero-order valence-electron chi connectivity index (χ0n) is 19.5. The topological polar surface area (TPSA) is 91.4 Å². The molecule has 0 N–H and O–H groups in total. The molecule has 182 valence electrons. The van der Waals surface area contributed by atoms with Crippen molar-refractivity contribution >= 4 is 27.5 Å². The van der Waals surface area contributed by atoms with Gasteiger partial charge in [-0.2, -0.15) is 5.10 Å². The van der Waals surface area contributed by atoms with Crippen LogP contribution in [-0.2, 0) is 17.8 Å². The molecule has 1 amide bonds. The Kier molecular flexibility index (Phi) is 5.79. The highest BCUT2D eigenvalue weighted by Crippen LogP contribution is 2.32. The number of nitrogens with zero attached hydrogens (tertiary/aromatic N) is 5. The monoisotopic (exact) mass is 497 g/mol. The molecule has 0 bridgehead atoms. The zero-order chi connectivity index (χ0) is 24.9. The number of hydrogen-bond acceptors (Lipinski definition) is 6. The molecule has 1 aliphatic heterocycles. The molecule has 11 heteroatoms. The van der Waals surface area contributed by atoms with E-state index in [2.05, 4.69) is 5.10 Å². The molecular formula is C24H24FN5O4S. The molecule has 0 spiro atoms. The van der Waals surface area contributed by atoms with Crippen molar-refractivity contribution in [2.45, 2.75) is 32.4 Å². The highest BCUT2D eigenvalue weighted by molar-refractivity contribution is 7.21. The minimum Gasteiger partial charge on any atom is -0.496 e. The molecule has 4 aromatic rings. The number of aryl methyl sites for hydroxylation is 3. The lowest BCUT2D eigenvalue weighted by Gasteiger charge is -2.17. The molecule has 3 aromatic heterocycles. The third-order valence-electron chi connectivity index (χ3n) is 6.49. The summed E-state index contributed by atoms with van der Waals surface area (Å²) in [7, 11) is 3.16. The quantitative estimate of drug-likeness (QED) is 0.408. The van der Waals surface area contributed by atoms with Gasteiger partial charge in [0.05, 0.1) is 12.5 Å². The van der Waals surface area contributed by atoms with E-state index in [1.807, 2.05) is 6.92 Å². The second kappa shape index (κ2) is 8.81. The molecule has 5 rings (SSSR count). The second-order valence-corrected chi connectivity index (χ2v) is 9.52. The standard InChI is InChI=1S/C24H24FN5O4S/c1-14-19-21(32)30(17-8-11-27(2)20(17)31)24(33)28(23(19)35-22(14)29-10-4-9-26-29)12-7-15-13-16(25)5-6-18(15)34-3/h4-6,9-10,13,17H,7-8,11-12H2,1-3H3. The number of carbonyl (C=O) groups excluding carboxylic acids is 1. The minimum atomic E-state index is -0.855. The van der Waals surface area contributed by atoms with E-state index < -0.39 is 23.1 Å². The lowest BCUT2D eigenvalue weighted by molar-refractivity contribution is -0.129. The van der Waals surface area contributed by atoms with Crippen molar-refractivity contribution in [3.63, 3.8) is 0 Å². The highest BCUT2D eigenvalue weighted by Gasteiger charge is 2.34. The minimum absolute atomic E-state index is 0.171. The Bertz CT molecular complexity index is 1550. The Morgan fingerprint density at radius 1 is 1.26 bits per heavy atom. The van der Waals surface area contributed by atoms with E-state index in [0.717, 1.165) is 4.57 Å². The van der Waals surface area contributed by atoms with Gasteiger partial charge in [0.2, 0.25) is 5.91 Å². The molecule has 0 aliphatic carbocycles. The Balaban J connectivity index is 1.72. The first-order valence-electron chi connectivity index (χ1n) is 11.2. The van der Waals surface area contributed by atoms with Crippen molar-refractivity contribution in [1.29, 1.82) is 0 Å². The highest BCUT2D eigenvalue weighted by atomic mass is 32.1. The predicted octanol–water partition coefficient (Wildman–Crippen LogP) is 2.51. The first-order valence-corrected chi connectivity index (χ1v) is 12.0. The number of likely N-dealkylation sites (N-methyl/N-ethyl adjacent to an activating group) is 1. The van der Waals surface area contributed by atoms with Crippen LogP contribution in [0.5, 0.6) is 5.75 Å². The van der Waals surface area contributed by atoms with Crippen LogP contribution in [0, 0.1) is 12.7 Å². The van der Waals surface area contributed by atoms with E-state index in [4.69, 9.17) is 4.74 Å². The van der Waals surface area contributed by atoms with Gasteiger partial charge in [0.15, 0.2) is 0 Å². The summed E-state index contributed by atoms with van der Waals surface area (Å²) in [6, 6.07) is 5.16. The third-order valence-corrected chi connectivity index (χ3v) is 7.79. The Morgan fingerprint density at radius 2 is 2.06 bits per heavy atom. The molecule has 0 radical (unpaired) electrons. The van der Waals surface area contributed by atoms with Gasteiger partial charge in [-0.25, -0.2) is 18.4 Å². The summed E-state index contributed by atoms with van der Waals surface area (Å²) in [6.45, 7) is 2.45. The second-order valence-electron chi connectivity index (χ2n) is 8.54. The number of amides is 1. The number of rotatable bonds is 6. The van der Waals surface area contributed by atoms with Gasteiger partial charge in [0, 0.05) is 38.1 Å². The molecule has 1 unspecified atom stereocenters. The van der Waals surface area contributed by atoms with Crippen molar-refractivity contribution in [2.75, 3.05) is 20.7 Å². The molecule has 1 aliphatic rings. The van der Waals surface area contributed by atoms with Crippen LogP contribution in [0.1, 0.15) is 23.6 Å². The lowest BCUT2D eigenvalue weighted by Crippen LogP contribution is -2.44. The van der Waals surface area contributed by atoms with E-state index in [-0.39, 0.29) is 12.5 Å². The van der Waals surface area contributed by atoms with Crippen LogP contribution < -0.4 is 16.0 Å². The fourth-order valence-electron chi connectivity index (χ4n) is 4.65. The van der Waals surface area contributed by atoms with Crippen molar-refractivity contribution in [2.24, 2.45) is 0 Å². The summed E-state index contributed by atoms with van der Waals surface area (Å²) in [4.78, 5) is 42.2. The SMILES string of the molecule is COc1ccc(F)cc1CCn1c(=O)n(C2CCN(C)C2=O)c(=O)c2c(C)c(-n3cccn3)sc21. The van der Waals surface area contributed by atoms with Gasteiger partial charge in [-0.1, -0.05) is 11.3 Å². The fraction of sp³-hybridized carbons (Fsp3) is 0.333. The van der Waals surface area contributed by atoms with Crippen LogP contribution in [0.15, 0.2) is 46.2 Å². The van der Waals surface area contributed by atoms with Gasteiger partial charge in [-0.15, -0.1) is 0 Å². The van der Waals surface area contributed by atoms with Crippen molar-refractivity contribution < 1.29 is 13.9 Å². The molecule has 9 nitrogen and oxygen atoms in total. The zero-order valence-corrected chi connectivity index (χ0v) is 20.3. The normalized spacial score (nSPS) is 15.9. The van der Waals surface area contributed by atoms with Crippen LogP contribution in [0.25, 0.3) is 15.2 Å². The summed E-state index contributed by atoms with van der Waals surface area (Å²) < 4.78 is 23.6. The van der Waals surface area contributed by atoms with Crippen LogP contribution in [0.2, 0.25) is 0 Å². The Hall–Kier alpha value is -3.73. The maximum atomic E-state index is 13.9. The number of methoxy groups -OCH3 is 1. The van der Waals surface area contributed by atoms with E-state index in [1.54, 1.807) is 36.3 Å². The number of aromatic nitrogens is 4. The number of likely N-dealkylation sites (tertiary alicyclic amines) is 1. The summed E-state index contributed by atoms with van der Waals surface area (Å²) >= 11 is 1.29. The average molecular weight is 498 g/mol. The van der Waals surface area contributed by atoms with Gasteiger partial charge in [-0.05, 0) is 49.6 Å². The molecular weight excluding hydrogens is 473 g/mol. The Morgan fingerprint density at radius 3 is 2.71 bits per heavy atom. The largest absolute Gasteiger partial charge is 0.496 e. The van der Waals surface area contributed by atoms with Crippen LogP contribution in [-0.4, -0.2) is 50.4 Å². The molecule has 1 saturated heterocycles. The molecule has 4 heterocycles. The van der Waals surface area contributed by atoms with Crippen molar-refractivity contribution in [3.8, 4) is 10.8 Å². The summed E-state index contributed by atoms with van der Waals surface area (Å²) in [5.41, 5.74) is 0.246. The molecule has 1 fully saturated rings. The molecule has 1 aromatic carbocycles. The number of thiophene rings is 1. The molecule has 35 heavy (non-hydrogen) atoms. The molecule has 0 saturated carbocycles. The maximum Gasteiger partial charge on any atom is 0.332 e. The van der Waals surface area contributed by atoms with Crippen LogP contribution in [0.3, 0.4) is 0 Å². The molecule has 1 atom stereocenters. The Labute approximate surface area is 203 Å². The van der Waals surface area contributed by atoms with Crippen molar-refractivity contribution in [3.05, 3.63) is 74.4 Å². The average Bonchev–Trinajstić information content (AvgIpc) is 3.55. The fourth-order valence-corrected chi connectivity index (χ4v) is 5.91. The predicted molar refractivity (Wildman–Crippen MR) is 130 cm³/mol. The van der Waals surface area contributed by atoms with Gasteiger partial charge in [-0.3, -0.25) is 14.2 Å². The van der Waals surface area contributed by atoms with E-state index in [0.29, 0.717) is 51.5 Å². The van der Waals surface area contributed by atoms with Gasteiger partial charge < -0.3 is 9.64 Å². The number of ether oxygens (including phenoxy) is 1. The lowest BCUT2D eigenvalue weighted by atomic mass is 10.1. The van der Waals surface area contributed by atoms with Gasteiger partial charge in [0.25, 0.3) is 5.56 Å². The third kappa shape index (κ3) is 3.75. The summed E-state index contributed by atoms with van der Waals surface area (Å²) in [6.07, 6.45) is 4.08. The van der Waals surface area contributed by atoms with Gasteiger partial charge in [0.1, 0.15) is 27.4 Å². The first kappa shape index (κ1) is 23.0. The maximum absolute atomic E-state index is 13.9.